The fourth-order valence-electron chi connectivity index (χ4n) is 2.84. The molecule has 2 nitrogen and oxygen atoms in total. The van der Waals surface area contributed by atoms with E-state index in [1.807, 2.05) is 6.07 Å². The van der Waals surface area contributed by atoms with Gasteiger partial charge in [0.15, 0.2) is 0 Å². The van der Waals surface area contributed by atoms with Crippen LogP contribution in [-0.2, 0) is 0 Å². The summed E-state index contributed by atoms with van der Waals surface area (Å²) in [5.74, 6) is 0.428. The van der Waals surface area contributed by atoms with E-state index in [9.17, 15) is 4.39 Å². The van der Waals surface area contributed by atoms with Crippen LogP contribution in [0, 0.1) is 11.7 Å². The van der Waals surface area contributed by atoms with Crippen molar-refractivity contribution in [1.29, 1.82) is 0 Å². The quantitative estimate of drug-likeness (QED) is 0.874. The number of rotatable bonds is 3. The summed E-state index contributed by atoms with van der Waals surface area (Å²) in [6, 6.07) is 7.69. The molecule has 1 heterocycles. The van der Waals surface area contributed by atoms with Crippen LogP contribution in [0.5, 0.6) is 0 Å². The van der Waals surface area contributed by atoms with Crippen molar-refractivity contribution in [2.24, 2.45) is 11.7 Å². The second-order valence-electron chi connectivity index (χ2n) is 5.11. The SMILES string of the molecule is CC1CC(CN)CN1C(C)c1cccc(F)c1. The lowest BCUT2D eigenvalue weighted by Crippen LogP contribution is -2.30. The molecule has 0 bridgehead atoms. The van der Waals surface area contributed by atoms with Crippen molar-refractivity contribution >= 4 is 0 Å². The molecule has 3 heteroatoms. The molecule has 17 heavy (non-hydrogen) atoms. The molecule has 0 amide bonds. The Morgan fingerprint density at radius 1 is 1.53 bits per heavy atom. The first-order valence-corrected chi connectivity index (χ1v) is 6.33. The Labute approximate surface area is 103 Å². The maximum absolute atomic E-state index is 13.2. The highest BCUT2D eigenvalue weighted by molar-refractivity contribution is 5.20. The van der Waals surface area contributed by atoms with Crippen LogP contribution in [0.2, 0.25) is 0 Å². The molecule has 1 aromatic carbocycles. The lowest BCUT2D eigenvalue weighted by Gasteiger charge is -2.29. The lowest BCUT2D eigenvalue weighted by atomic mass is 10.1. The minimum absolute atomic E-state index is 0.156. The second kappa shape index (κ2) is 5.15. The molecule has 1 aliphatic heterocycles. The van der Waals surface area contributed by atoms with Crippen molar-refractivity contribution in [1.82, 2.24) is 4.90 Å². The van der Waals surface area contributed by atoms with E-state index in [0.717, 1.165) is 25.1 Å². The van der Waals surface area contributed by atoms with Gasteiger partial charge in [-0.3, -0.25) is 4.90 Å². The average Bonchev–Trinajstić information content (AvgIpc) is 2.69. The predicted molar refractivity (Wildman–Crippen MR) is 68.1 cm³/mol. The molecule has 2 N–H and O–H groups in total. The summed E-state index contributed by atoms with van der Waals surface area (Å²) in [6.07, 6.45) is 1.15. The van der Waals surface area contributed by atoms with Gasteiger partial charge in [-0.1, -0.05) is 12.1 Å². The fourth-order valence-corrected chi connectivity index (χ4v) is 2.84. The molecule has 1 aliphatic rings. The summed E-state index contributed by atoms with van der Waals surface area (Å²) in [5.41, 5.74) is 6.79. The first kappa shape index (κ1) is 12.5. The van der Waals surface area contributed by atoms with Gasteiger partial charge in [-0.2, -0.15) is 0 Å². The van der Waals surface area contributed by atoms with Gasteiger partial charge in [0.05, 0.1) is 0 Å². The van der Waals surface area contributed by atoms with Gasteiger partial charge in [-0.15, -0.1) is 0 Å². The summed E-state index contributed by atoms with van der Waals surface area (Å²) in [5, 5.41) is 0. The molecule has 3 unspecified atom stereocenters. The average molecular weight is 236 g/mol. The van der Waals surface area contributed by atoms with Gasteiger partial charge in [0.2, 0.25) is 0 Å². The highest BCUT2D eigenvalue weighted by Gasteiger charge is 2.31. The third-order valence-electron chi connectivity index (χ3n) is 3.87. The van der Waals surface area contributed by atoms with Crippen LogP contribution in [0.4, 0.5) is 4.39 Å². The lowest BCUT2D eigenvalue weighted by molar-refractivity contribution is 0.200. The Kier molecular flexibility index (Phi) is 3.79. The standard InChI is InChI=1S/C14H21FN2/c1-10-6-12(8-16)9-17(10)11(2)13-4-3-5-14(15)7-13/h3-5,7,10-12H,6,8-9,16H2,1-2H3. The molecule has 94 valence electrons. The maximum Gasteiger partial charge on any atom is 0.123 e. The Hall–Kier alpha value is -0.930. The summed E-state index contributed by atoms with van der Waals surface area (Å²) in [7, 11) is 0. The Morgan fingerprint density at radius 2 is 2.29 bits per heavy atom. The fraction of sp³-hybridized carbons (Fsp3) is 0.571. The number of nitrogens with zero attached hydrogens (tertiary/aromatic N) is 1. The Bertz CT molecular complexity index is 380. The van der Waals surface area contributed by atoms with Gasteiger partial charge in [0.1, 0.15) is 5.82 Å². The third-order valence-corrected chi connectivity index (χ3v) is 3.87. The van der Waals surface area contributed by atoms with Crippen molar-refractivity contribution in [3.63, 3.8) is 0 Å². The molecule has 0 aromatic heterocycles. The number of hydrogen-bond donors (Lipinski definition) is 1. The van der Waals surface area contributed by atoms with E-state index in [2.05, 4.69) is 18.7 Å². The number of likely N-dealkylation sites (tertiary alicyclic amines) is 1. The maximum atomic E-state index is 13.2. The Balaban J connectivity index is 2.12. The summed E-state index contributed by atoms with van der Waals surface area (Å²) in [4.78, 5) is 2.42. The van der Waals surface area contributed by atoms with Gasteiger partial charge in [0.25, 0.3) is 0 Å². The van der Waals surface area contributed by atoms with E-state index in [4.69, 9.17) is 5.73 Å². The highest BCUT2D eigenvalue weighted by atomic mass is 19.1. The molecule has 0 saturated carbocycles. The second-order valence-corrected chi connectivity index (χ2v) is 5.11. The zero-order valence-corrected chi connectivity index (χ0v) is 10.6. The summed E-state index contributed by atoms with van der Waals surface area (Å²) >= 11 is 0. The van der Waals surface area contributed by atoms with E-state index in [1.165, 1.54) is 6.07 Å². The predicted octanol–water partition coefficient (Wildman–Crippen LogP) is 2.56. The summed E-state index contributed by atoms with van der Waals surface area (Å²) in [6.45, 7) is 6.14. The molecular formula is C14H21FN2. The van der Waals surface area contributed by atoms with Crippen molar-refractivity contribution in [3.8, 4) is 0 Å². The third kappa shape index (κ3) is 2.67. The molecule has 1 aromatic rings. The van der Waals surface area contributed by atoms with Crippen LogP contribution >= 0.6 is 0 Å². The smallest absolute Gasteiger partial charge is 0.123 e. The zero-order valence-electron chi connectivity index (χ0n) is 10.6. The molecule has 0 aliphatic carbocycles. The topological polar surface area (TPSA) is 29.3 Å². The van der Waals surface area contributed by atoms with Crippen LogP contribution < -0.4 is 5.73 Å². The zero-order chi connectivity index (χ0) is 12.4. The van der Waals surface area contributed by atoms with Crippen LogP contribution in [0.1, 0.15) is 31.9 Å². The van der Waals surface area contributed by atoms with E-state index in [1.54, 1.807) is 12.1 Å². The number of benzene rings is 1. The monoisotopic (exact) mass is 236 g/mol. The highest BCUT2D eigenvalue weighted by Crippen LogP contribution is 2.31. The van der Waals surface area contributed by atoms with Crippen LogP contribution in [0.25, 0.3) is 0 Å². The minimum Gasteiger partial charge on any atom is -0.330 e. The van der Waals surface area contributed by atoms with Gasteiger partial charge in [-0.05, 0) is 50.4 Å². The molecule has 0 spiro atoms. The normalized spacial score (nSPS) is 27.3. The van der Waals surface area contributed by atoms with Crippen molar-refractivity contribution < 1.29 is 4.39 Å². The molecule has 1 fully saturated rings. The van der Waals surface area contributed by atoms with Crippen LogP contribution in [-0.4, -0.2) is 24.0 Å². The van der Waals surface area contributed by atoms with Gasteiger partial charge in [0, 0.05) is 18.6 Å². The number of hydrogen-bond acceptors (Lipinski definition) is 2. The first-order chi connectivity index (χ1) is 8.11. The van der Waals surface area contributed by atoms with Crippen molar-refractivity contribution in [2.75, 3.05) is 13.1 Å². The molecule has 3 atom stereocenters. The number of halogens is 1. The van der Waals surface area contributed by atoms with E-state index >= 15 is 0 Å². The van der Waals surface area contributed by atoms with E-state index in [0.29, 0.717) is 12.0 Å². The van der Waals surface area contributed by atoms with Gasteiger partial charge in [-0.25, -0.2) is 4.39 Å². The summed E-state index contributed by atoms with van der Waals surface area (Å²) < 4.78 is 13.2. The van der Waals surface area contributed by atoms with Crippen LogP contribution in [0.3, 0.4) is 0 Å². The number of nitrogens with two attached hydrogens (primary N) is 1. The van der Waals surface area contributed by atoms with E-state index < -0.39 is 0 Å². The van der Waals surface area contributed by atoms with Crippen LogP contribution in [0.15, 0.2) is 24.3 Å². The molecule has 2 rings (SSSR count). The molecular weight excluding hydrogens is 215 g/mol. The van der Waals surface area contributed by atoms with Gasteiger partial charge < -0.3 is 5.73 Å². The largest absolute Gasteiger partial charge is 0.330 e. The van der Waals surface area contributed by atoms with Gasteiger partial charge >= 0.3 is 0 Å². The minimum atomic E-state index is -0.156. The van der Waals surface area contributed by atoms with Crippen molar-refractivity contribution in [2.45, 2.75) is 32.4 Å². The van der Waals surface area contributed by atoms with Crippen molar-refractivity contribution in [3.05, 3.63) is 35.6 Å². The van der Waals surface area contributed by atoms with E-state index in [-0.39, 0.29) is 11.9 Å². The first-order valence-electron chi connectivity index (χ1n) is 6.33. The molecule has 0 radical (unpaired) electrons. The Morgan fingerprint density at radius 3 is 2.88 bits per heavy atom. The molecule has 1 saturated heterocycles.